The smallest absolute Gasteiger partial charge is 0.193 e. The number of nitrogens with zero attached hydrogens (tertiary/aromatic N) is 2. The zero-order chi connectivity index (χ0) is 15.5. The number of allylic oxidation sites excluding steroid dienone is 1. The fourth-order valence-electron chi connectivity index (χ4n) is 1.99. The number of nitrogens with one attached hydrogen (secondary N) is 1. The van der Waals surface area contributed by atoms with E-state index in [1.165, 1.54) is 0 Å². The molecule has 0 aromatic heterocycles. The Morgan fingerprint density at radius 3 is 2.86 bits per heavy atom. The second kappa shape index (κ2) is 12.3. The van der Waals surface area contributed by atoms with E-state index in [0.29, 0.717) is 6.54 Å². The Balaban J connectivity index is 0.00000441. The maximum atomic E-state index is 5.24. The maximum absolute atomic E-state index is 5.24. The third kappa shape index (κ3) is 7.68. The summed E-state index contributed by atoms with van der Waals surface area (Å²) in [5.41, 5.74) is 1.14. The summed E-state index contributed by atoms with van der Waals surface area (Å²) in [6.07, 6.45) is 4.07. The molecule has 1 aromatic rings. The Bertz CT molecular complexity index is 463. The van der Waals surface area contributed by atoms with E-state index in [2.05, 4.69) is 41.8 Å². The third-order valence-electron chi connectivity index (χ3n) is 3.14. The van der Waals surface area contributed by atoms with Crippen molar-refractivity contribution in [2.75, 3.05) is 27.2 Å². The highest BCUT2D eigenvalue weighted by Gasteiger charge is 2.04. The number of methoxy groups -OCH3 is 1. The molecule has 124 valence electrons. The number of rotatable bonds is 8. The molecule has 0 aliphatic heterocycles. The van der Waals surface area contributed by atoms with Crippen LogP contribution in [-0.4, -0.2) is 38.1 Å². The summed E-state index contributed by atoms with van der Waals surface area (Å²) in [6, 6.07) is 8.02. The fourth-order valence-corrected chi connectivity index (χ4v) is 1.99. The van der Waals surface area contributed by atoms with Crippen LogP contribution in [0.4, 0.5) is 0 Å². The largest absolute Gasteiger partial charge is 0.497 e. The molecule has 1 rings (SSSR count). The van der Waals surface area contributed by atoms with Gasteiger partial charge in [-0.05, 0) is 37.5 Å². The average molecular weight is 417 g/mol. The summed E-state index contributed by atoms with van der Waals surface area (Å²) >= 11 is 0. The number of benzene rings is 1. The molecule has 0 saturated heterocycles. The lowest BCUT2D eigenvalue weighted by molar-refractivity contribution is 0.414. The van der Waals surface area contributed by atoms with Gasteiger partial charge in [-0.15, -0.1) is 30.6 Å². The topological polar surface area (TPSA) is 36.9 Å². The first-order valence-electron chi connectivity index (χ1n) is 7.44. The number of hydrogen-bond donors (Lipinski definition) is 1. The van der Waals surface area contributed by atoms with Gasteiger partial charge in [0.1, 0.15) is 5.75 Å². The lowest BCUT2D eigenvalue weighted by Gasteiger charge is -2.21. The minimum atomic E-state index is 0. The molecule has 0 heterocycles. The number of halogens is 1. The van der Waals surface area contributed by atoms with Crippen LogP contribution in [0.5, 0.6) is 5.75 Å². The minimum absolute atomic E-state index is 0. The lowest BCUT2D eigenvalue weighted by Crippen LogP contribution is -2.39. The Kier molecular flexibility index (Phi) is 11.6. The molecule has 0 fully saturated rings. The van der Waals surface area contributed by atoms with Gasteiger partial charge in [0.15, 0.2) is 5.96 Å². The van der Waals surface area contributed by atoms with E-state index < -0.39 is 0 Å². The van der Waals surface area contributed by atoms with Crippen molar-refractivity contribution in [1.29, 1.82) is 0 Å². The predicted molar refractivity (Wildman–Crippen MR) is 105 cm³/mol. The van der Waals surface area contributed by atoms with E-state index in [9.17, 15) is 0 Å². The van der Waals surface area contributed by atoms with Gasteiger partial charge in [0.05, 0.1) is 13.7 Å². The van der Waals surface area contributed by atoms with E-state index in [1.807, 2.05) is 24.3 Å². The van der Waals surface area contributed by atoms with E-state index in [4.69, 9.17) is 4.74 Å². The van der Waals surface area contributed by atoms with Crippen molar-refractivity contribution in [2.24, 2.45) is 4.99 Å². The van der Waals surface area contributed by atoms with Gasteiger partial charge in [-0.1, -0.05) is 18.2 Å². The minimum Gasteiger partial charge on any atom is -0.497 e. The molecule has 0 aliphatic rings. The number of ether oxygens (including phenoxy) is 1. The Morgan fingerprint density at radius 2 is 2.23 bits per heavy atom. The molecule has 0 bridgehead atoms. The quantitative estimate of drug-likeness (QED) is 0.231. The third-order valence-corrected chi connectivity index (χ3v) is 3.14. The van der Waals surface area contributed by atoms with Crippen molar-refractivity contribution >= 4 is 29.9 Å². The molecule has 0 aliphatic carbocycles. The molecular formula is C17H28IN3O. The van der Waals surface area contributed by atoms with E-state index >= 15 is 0 Å². The van der Waals surface area contributed by atoms with Crippen LogP contribution in [0.25, 0.3) is 0 Å². The molecule has 22 heavy (non-hydrogen) atoms. The van der Waals surface area contributed by atoms with Crippen molar-refractivity contribution in [1.82, 2.24) is 10.2 Å². The number of unbranched alkanes of at least 4 members (excludes halogenated alkanes) is 1. The monoisotopic (exact) mass is 417 g/mol. The van der Waals surface area contributed by atoms with Gasteiger partial charge in [-0.2, -0.15) is 0 Å². The first kappa shape index (κ1) is 20.8. The molecule has 4 nitrogen and oxygen atoms in total. The zero-order valence-corrected chi connectivity index (χ0v) is 16.2. The molecule has 0 unspecified atom stereocenters. The van der Waals surface area contributed by atoms with Crippen LogP contribution in [-0.2, 0) is 6.54 Å². The number of guanidine groups is 1. The highest BCUT2D eigenvalue weighted by molar-refractivity contribution is 14.0. The van der Waals surface area contributed by atoms with Crippen LogP contribution in [0.15, 0.2) is 41.9 Å². The molecule has 0 spiro atoms. The van der Waals surface area contributed by atoms with Gasteiger partial charge in [-0.3, -0.25) is 0 Å². The fraction of sp³-hybridized carbons (Fsp3) is 0.471. The average Bonchev–Trinajstić information content (AvgIpc) is 2.51. The Labute approximate surface area is 151 Å². The summed E-state index contributed by atoms with van der Waals surface area (Å²) < 4.78 is 5.24. The molecule has 1 aromatic carbocycles. The van der Waals surface area contributed by atoms with Crippen molar-refractivity contribution in [2.45, 2.75) is 26.3 Å². The SMILES string of the molecule is C=CCCCN(C)C(=NCc1cccc(OC)c1)NCC.I. The van der Waals surface area contributed by atoms with E-state index in [0.717, 1.165) is 43.2 Å². The van der Waals surface area contributed by atoms with Crippen LogP contribution in [0, 0.1) is 0 Å². The highest BCUT2D eigenvalue weighted by atomic mass is 127. The molecule has 0 radical (unpaired) electrons. The van der Waals surface area contributed by atoms with Crippen LogP contribution >= 0.6 is 24.0 Å². The molecule has 0 amide bonds. The summed E-state index contributed by atoms with van der Waals surface area (Å²) in [5, 5.41) is 3.33. The Hall–Kier alpha value is -1.24. The van der Waals surface area contributed by atoms with Gasteiger partial charge in [-0.25, -0.2) is 4.99 Å². The maximum Gasteiger partial charge on any atom is 0.193 e. The summed E-state index contributed by atoms with van der Waals surface area (Å²) in [6.45, 7) is 8.31. The standard InChI is InChI=1S/C17H27N3O.HI/c1-5-7-8-12-20(3)17(18-6-2)19-14-15-10-9-11-16(13-15)21-4;/h5,9-11,13H,1,6-8,12,14H2,2-4H3,(H,18,19);1H. The second-order valence-corrected chi connectivity index (χ2v) is 4.87. The van der Waals surface area contributed by atoms with Gasteiger partial charge < -0.3 is 15.0 Å². The lowest BCUT2D eigenvalue weighted by atomic mass is 10.2. The molecular weight excluding hydrogens is 389 g/mol. The highest BCUT2D eigenvalue weighted by Crippen LogP contribution is 2.13. The van der Waals surface area contributed by atoms with Gasteiger partial charge in [0, 0.05) is 20.1 Å². The van der Waals surface area contributed by atoms with Gasteiger partial charge in [0.25, 0.3) is 0 Å². The van der Waals surface area contributed by atoms with Crippen molar-refractivity contribution in [3.8, 4) is 5.75 Å². The first-order chi connectivity index (χ1) is 10.2. The number of hydrogen-bond acceptors (Lipinski definition) is 2. The van der Waals surface area contributed by atoms with E-state index in [1.54, 1.807) is 7.11 Å². The summed E-state index contributed by atoms with van der Waals surface area (Å²) in [5.74, 6) is 1.80. The van der Waals surface area contributed by atoms with Gasteiger partial charge >= 0.3 is 0 Å². The molecule has 5 heteroatoms. The molecule has 1 N–H and O–H groups in total. The van der Waals surface area contributed by atoms with Crippen molar-refractivity contribution in [3.05, 3.63) is 42.5 Å². The zero-order valence-electron chi connectivity index (χ0n) is 13.8. The van der Waals surface area contributed by atoms with Crippen LogP contribution < -0.4 is 10.1 Å². The van der Waals surface area contributed by atoms with Crippen LogP contribution in [0.3, 0.4) is 0 Å². The van der Waals surface area contributed by atoms with Gasteiger partial charge in [0.2, 0.25) is 0 Å². The normalized spacial score (nSPS) is 10.6. The van der Waals surface area contributed by atoms with Crippen molar-refractivity contribution < 1.29 is 4.74 Å². The summed E-state index contributed by atoms with van der Waals surface area (Å²) in [4.78, 5) is 6.85. The van der Waals surface area contributed by atoms with Crippen molar-refractivity contribution in [3.63, 3.8) is 0 Å². The summed E-state index contributed by atoms with van der Waals surface area (Å²) in [7, 11) is 3.75. The molecule has 0 atom stereocenters. The van der Waals surface area contributed by atoms with Crippen LogP contribution in [0.2, 0.25) is 0 Å². The second-order valence-electron chi connectivity index (χ2n) is 4.87. The molecule has 0 saturated carbocycles. The number of aliphatic imine (C=N–C) groups is 1. The Morgan fingerprint density at radius 1 is 1.45 bits per heavy atom. The van der Waals surface area contributed by atoms with E-state index in [-0.39, 0.29) is 24.0 Å². The first-order valence-corrected chi connectivity index (χ1v) is 7.44. The predicted octanol–water partition coefficient (Wildman–Crippen LogP) is 3.68. The van der Waals surface area contributed by atoms with Crippen LogP contribution in [0.1, 0.15) is 25.3 Å².